The van der Waals surface area contributed by atoms with Crippen LogP contribution in [0, 0.1) is 0 Å². The quantitative estimate of drug-likeness (QED) is 0.764. The highest BCUT2D eigenvalue weighted by Gasteiger charge is 2.22. The zero-order valence-electron chi connectivity index (χ0n) is 8.38. The Kier molecular flexibility index (Phi) is 2.30. The number of rotatable bonds is 1. The van der Waals surface area contributed by atoms with Crippen LogP contribution in [0.2, 0.25) is 0 Å². The summed E-state index contributed by atoms with van der Waals surface area (Å²) in [5, 5.41) is 4.87. The monoisotopic (exact) mass is 208 g/mol. The van der Waals surface area contributed by atoms with Crippen LogP contribution in [0.4, 0.5) is 0 Å². The first-order valence-electron chi connectivity index (χ1n) is 5.62. The predicted molar refractivity (Wildman–Crippen MR) is 59.0 cm³/mol. The highest BCUT2D eigenvalue weighted by Crippen LogP contribution is 2.33. The van der Waals surface area contributed by atoms with E-state index in [4.69, 9.17) is 4.98 Å². The van der Waals surface area contributed by atoms with Gasteiger partial charge in [-0.3, -0.25) is 0 Å². The highest BCUT2D eigenvalue weighted by molar-refractivity contribution is 7.11. The van der Waals surface area contributed by atoms with E-state index in [9.17, 15) is 0 Å². The van der Waals surface area contributed by atoms with Crippen molar-refractivity contribution in [1.29, 1.82) is 0 Å². The van der Waals surface area contributed by atoms with Gasteiger partial charge in [-0.2, -0.15) is 0 Å². The van der Waals surface area contributed by atoms with Gasteiger partial charge in [-0.05, 0) is 38.6 Å². The standard InChI is InChI=1S/C11H16N2S/c1-4-9-10(5-1)14-11(13-9)8-3-2-6-12-7-8/h8,12H,1-7H2/t8-/m1/s1. The molecule has 2 heterocycles. The molecule has 0 radical (unpaired) electrons. The molecular weight excluding hydrogens is 192 g/mol. The third-order valence-electron chi connectivity index (χ3n) is 3.26. The van der Waals surface area contributed by atoms with Crippen LogP contribution in [-0.2, 0) is 12.8 Å². The molecular formula is C11H16N2S. The van der Waals surface area contributed by atoms with Gasteiger partial charge >= 0.3 is 0 Å². The number of nitrogens with zero attached hydrogens (tertiary/aromatic N) is 1. The van der Waals surface area contributed by atoms with Gasteiger partial charge in [-0.15, -0.1) is 11.3 Å². The minimum absolute atomic E-state index is 0.708. The van der Waals surface area contributed by atoms with Gasteiger partial charge in [0.05, 0.1) is 10.7 Å². The fraction of sp³-hybridized carbons (Fsp3) is 0.727. The molecule has 3 rings (SSSR count). The Morgan fingerprint density at radius 2 is 2.29 bits per heavy atom. The highest BCUT2D eigenvalue weighted by atomic mass is 32.1. The maximum absolute atomic E-state index is 4.79. The Balaban J connectivity index is 1.82. The van der Waals surface area contributed by atoms with Crippen molar-refractivity contribution in [2.45, 2.75) is 38.0 Å². The van der Waals surface area contributed by atoms with E-state index in [0.29, 0.717) is 5.92 Å². The molecule has 0 saturated carbocycles. The van der Waals surface area contributed by atoms with Gasteiger partial charge in [-0.1, -0.05) is 0 Å². The molecule has 0 spiro atoms. The number of aromatic nitrogens is 1. The summed E-state index contributed by atoms with van der Waals surface area (Å²) < 4.78 is 0. The molecule has 1 aliphatic heterocycles. The van der Waals surface area contributed by atoms with Crippen LogP contribution in [0.5, 0.6) is 0 Å². The first kappa shape index (κ1) is 8.86. The molecule has 76 valence electrons. The number of fused-ring (bicyclic) bond motifs is 1. The number of aryl methyl sites for hydroxylation is 2. The van der Waals surface area contributed by atoms with Crippen molar-refractivity contribution < 1.29 is 0 Å². The molecule has 14 heavy (non-hydrogen) atoms. The Bertz CT molecular complexity index is 305. The van der Waals surface area contributed by atoms with Gasteiger partial charge in [-0.25, -0.2) is 4.98 Å². The number of thiazole rings is 1. The van der Waals surface area contributed by atoms with Crippen LogP contribution in [0.1, 0.15) is 40.8 Å². The van der Waals surface area contributed by atoms with Crippen molar-refractivity contribution in [3.05, 3.63) is 15.6 Å². The number of nitrogens with one attached hydrogen (secondary N) is 1. The molecule has 2 aliphatic rings. The molecule has 1 aliphatic carbocycles. The van der Waals surface area contributed by atoms with Crippen LogP contribution >= 0.6 is 11.3 Å². The summed E-state index contributed by atoms with van der Waals surface area (Å²) >= 11 is 1.98. The molecule has 1 N–H and O–H groups in total. The fourth-order valence-corrected chi connectivity index (χ4v) is 3.74. The second kappa shape index (κ2) is 3.63. The maximum Gasteiger partial charge on any atom is 0.0974 e. The van der Waals surface area contributed by atoms with E-state index in [1.807, 2.05) is 11.3 Å². The average Bonchev–Trinajstić information content (AvgIpc) is 2.78. The molecule has 0 amide bonds. The average molecular weight is 208 g/mol. The molecule has 1 fully saturated rings. The molecule has 3 heteroatoms. The summed E-state index contributed by atoms with van der Waals surface area (Å²) in [5.41, 5.74) is 1.41. The molecule has 1 aromatic rings. The van der Waals surface area contributed by atoms with Crippen LogP contribution in [-0.4, -0.2) is 18.1 Å². The lowest BCUT2D eigenvalue weighted by atomic mass is 10.0. The summed E-state index contributed by atoms with van der Waals surface area (Å²) in [5.74, 6) is 0.708. The van der Waals surface area contributed by atoms with Gasteiger partial charge in [0, 0.05) is 17.3 Å². The Morgan fingerprint density at radius 1 is 1.29 bits per heavy atom. The molecule has 0 aromatic carbocycles. The predicted octanol–water partition coefficient (Wildman–Crippen LogP) is 2.10. The third-order valence-corrected chi connectivity index (χ3v) is 4.58. The lowest BCUT2D eigenvalue weighted by molar-refractivity contribution is 0.460. The van der Waals surface area contributed by atoms with Crippen LogP contribution in [0.25, 0.3) is 0 Å². The summed E-state index contributed by atoms with van der Waals surface area (Å²) in [6, 6.07) is 0. The number of piperidine rings is 1. The molecule has 1 aromatic heterocycles. The third kappa shape index (κ3) is 1.48. The molecule has 1 atom stereocenters. The van der Waals surface area contributed by atoms with Crippen molar-refractivity contribution >= 4 is 11.3 Å². The van der Waals surface area contributed by atoms with Crippen molar-refractivity contribution in [2.75, 3.05) is 13.1 Å². The lowest BCUT2D eigenvalue weighted by Crippen LogP contribution is -2.28. The van der Waals surface area contributed by atoms with Gasteiger partial charge in [0.2, 0.25) is 0 Å². The first-order chi connectivity index (χ1) is 6.93. The normalized spacial score (nSPS) is 26.4. The summed E-state index contributed by atoms with van der Waals surface area (Å²) in [6.45, 7) is 2.34. The van der Waals surface area contributed by atoms with Crippen molar-refractivity contribution in [2.24, 2.45) is 0 Å². The van der Waals surface area contributed by atoms with Gasteiger partial charge in [0.25, 0.3) is 0 Å². The van der Waals surface area contributed by atoms with Crippen LogP contribution in [0.3, 0.4) is 0 Å². The lowest BCUT2D eigenvalue weighted by Gasteiger charge is -2.20. The van der Waals surface area contributed by atoms with E-state index in [1.54, 1.807) is 4.88 Å². The van der Waals surface area contributed by atoms with E-state index in [1.165, 1.54) is 49.4 Å². The van der Waals surface area contributed by atoms with E-state index in [2.05, 4.69) is 5.32 Å². The van der Waals surface area contributed by atoms with Gasteiger partial charge < -0.3 is 5.32 Å². The van der Waals surface area contributed by atoms with Gasteiger partial charge in [0.1, 0.15) is 0 Å². The Hall–Kier alpha value is -0.410. The maximum atomic E-state index is 4.79. The largest absolute Gasteiger partial charge is 0.316 e. The molecule has 1 saturated heterocycles. The number of hydrogen-bond acceptors (Lipinski definition) is 3. The van der Waals surface area contributed by atoms with E-state index < -0.39 is 0 Å². The first-order valence-corrected chi connectivity index (χ1v) is 6.44. The van der Waals surface area contributed by atoms with Crippen LogP contribution < -0.4 is 5.32 Å². The van der Waals surface area contributed by atoms with Crippen molar-refractivity contribution in [3.8, 4) is 0 Å². The Morgan fingerprint density at radius 3 is 3.07 bits per heavy atom. The second-order valence-electron chi connectivity index (χ2n) is 4.32. The van der Waals surface area contributed by atoms with E-state index in [-0.39, 0.29) is 0 Å². The van der Waals surface area contributed by atoms with Crippen molar-refractivity contribution in [1.82, 2.24) is 10.3 Å². The van der Waals surface area contributed by atoms with Gasteiger partial charge in [0.15, 0.2) is 0 Å². The summed E-state index contributed by atoms with van der Waals surface area (Å²) in [4.78, 5) is 6.37. The minimum Gasteiger partial charge on any atom is -0.316 e. The van der Waals surface area contributed by atoms with E-state index in [0.717, 1.165) is 6.54 Å². The SMILES string of the molecule is C1Cc2nc([C@@H]3CCCNC3)sc2C1. The topological polar surface area (TPSA) is 24.9 Å². The summed E-state index contributed by atoms with van der Waals surface area (Å²) in [7, 11) is 0. The minimum atomic E-state index is 0.708. The second-order valence-corrected chi connectivity index (χ2v) is 5.43. The smallest absolute Gasteiger partial charge is 0.0974 e. The zero-order chi connectivity index (χ0) is 9.38. The molecule has 0 unspecified atom stereocenters. The Labute approximate surface area is 88.7 Å². The fourth-order valence-electron chi connectivity index (χ4n) is 2.45. The molecule has 2 nitrogen and oxygen atoms in total. The summed E-state index contributed by atoms with van der Waals surface area (Å²) in [6.07, 6.45) is 6.49. The molecule has 0 bridgehead atoms. The van der Waals surface area contributed by atoms with E-state index >= 15 is 0 Å². The van der Waals surface area contributed by atoms with Crippen molar-refractivity contribution in [3.63, 3.8) is 0 Å². The zero-order valence-corrected chi connectivity index (χ0v) is 9.20. The van der Waals surface area contributed by atoms with Crippen LogP contribution in [0.15, 0.2) is 0 Å². The number of hydrogen-bond donors (Lipinski definition) is 1.